The van der Waals surface area contributed by atoms with E-state index in [-0.39, 0.29) is 0 Å². The lowest BCUT2D eigenvalue weighted by Crippen LogP contribution is -2.35. The van der Waals surface area contributed by atoms with Gasteiger partial charge in [-0.15, -0.1) is 23.2 Å². The van der Waals surface area contributed by atoms with E-state index in [9.17, 15) is 4.57 Å². The van der Waals surface area contributed by atoms with Gasteiger partial charge in [0.15, 0.2) is 0 Å². The molecule has 1 atom stereocenters. The van der Waals surface area contributed by atoms with E-state index < -0.39 is 15.5 Å². The third-order valence-corrected chi connectivity index (χ3v) is 4.60. The summed E-state index contributed by atoms with van der Waals surface area (Å²) in [6, 6.07) is 0. The van der Waals surface area contributed by atoms with E-state index in [4.69, 9.17) is 47.0 Å². The van der Waals surface area contributed by atoms with Gasteiger partial charge in [-0.3, -0.25) is 4.57 Å². The minimum Gasteiger partial charge on any atom is -0.306 e. The number of hydrogen-bond acceptors (Lipinski definition) is 3. The van der Waals surface area contributed by atoms with Gasteiger partial charge in [-0.05, 0) is 6.42 Å². The summed E-state index contributed by atoms with van der Waals surface area (Å²) in [6.45, 7) is 2.31. The summed E-state index contributed by atoms with van der Waals surface area (Å²) in [7, 11) is -7.48. The molecule has 116 valence electrons. The number of rotatable bonds is 5. The van der Waals surface area contributed by atoms with Crippen LogP contribution in [-0.2, 0) is 13.7 Å². The molecule has 8 nitrogen and oxygen atoms in total. The van der Waals surface area contributed by atoms with Crippen molar-refractivity contribution in [1.82, 2.24) is 9.76 Å². The SMILES string of the molecule is O=P(O)(O)O.O=P1(N(CCCl)CCCl)NCCCO1. The van der Waals surface area contributed by atoms with Crippen LogP contribution in [0.15, 0.2) is 0 Å². The molecule has 1 unspecified atom stereocenters. The molecule has 0 bridgehead atoms. The van der Waals surface area contributed by atoms with E-state index in [0.29, 0.717) is 31.5 Å². The van der Waals surface area contributed by atoms with Crippen molar-refractivity contribution in [3.8, 4) is 0 Å². The second-order valence-electron chi connectivity index (χ2n) is 3.46. The van der Waals surface area contributed by atoms with Crippen molar-refractivity contribution in [3.05, 3.63) is 0 Å². The van der Waals surface area contributed by atoms with Gasteiger partial charge in [0.1, 0.15) is 0 Å². The number of alkyl halides is 2. The molecule has 0 aromatic heterocycles. The fourth-order valence-electron chi connectivity index (χ4n) is 1.28. The second-order valence-corrected chi connectivity index (χ2v) is 7.42. The van der Waals surface area contributed by atoms with Crippen molar-refractivity contribution in [2.24, 2.45) is 0 Å². The maximum absolute atomic E-state index is 12.2. The molecule has 0 amide bonds. The Balaban J connectivity index is 0.000000555. The van der Waals surface area contributed by atoms with Crippen molar-refractivity contribution in [3.63, 3.8) is 0 Å². The molecular weight excluding hydrogens is 341 g/mol. The Hall–Kier alpha value is 0.800. The molecule has 1 aliphatic heterocycles. The third-order valence-electron chi connectivity index (χ3n) is 1.96. The Morgan fingerprint density at radius 1 is 1.26 bits per heavy atom. The molecule has 0 aromatic rings. The molecule has 0 saturated carbocycles. The minimum absolute atomic E-state index is 0.423. The van der Waals surface area contributed by atoms with Crippen molar-refractivity contribution >= 4 is 38.7 Å². The van der Waals surface area contributed by atoms with Crippen molar-refractivity contribution in [1.29, 1.82) is 0 Å². The fraction of sp³-hybridized carbons (Fsp3) is 1.00. The van der Waals surface area contributed by atoms with E-state index >= 15 is 0 Å². The zero-order valence-electron chi connectivity index (χ0n) is 10.1. The summed E-state index contributed by atoms with van der Waals surface area (Å²) < 4.78 is 28.1. The van der Waals surface area contributed by atoms with Crippen LogP contribution in [0.25, 0.3) is 0 Å². The first-order chi connectivity index (χ1) is 8.73. The van der Waals surface area contributed by atoms with Crippen molar-refractivity contribution < 1.29 is 28.3 Å². The Labute approximate surface area is 121 Å². The molecule has 1 heterocycles. The molecule has 0 aliphatic carbocycles. The van der Waals surface area contributed by atoms with Crippen LogP contribution in [0, 0.1) is 0 Å². The number of halogens is 2. The maximum Gasteiger partial charge on any atom is 0.466 e. The average Bonchev–Trinajstić information content (AvgIpc) is 2.27. The minimum atomic E-state index is -4.64. The van der Waals surface area contributed by atoms with Crippen LogP contribution in [0.4, 0.5) is 0 Å². The molecule has 1 saturated heterocycles. The van der Waals surface area contributed by atoms with E-state index in [1.54, 1.807) is 4.67 Å². The zero-order valence-corrected chi connectivity index (χ0v) is 13.4. The maximum atomic E-state index is 12.2. The van der Waals surface area contributed by atoms with E-state index in [0.717, 1.165) is 13.0 Å². The lowest BCUT2D eigenvalue weighted by Gasteiger charge is -2.33. The predicted octanol–water partition coefficient (Wildman–Crippen LogP) is 0.955. The van der Waals surface area contributed by atoms with Gasteiger partial charge in [-0.25, -0.2) is 14.3 Å². The Morgan fingerprint density at radius 3 is 2.05 bits per heavy atom. The first-order valence-corrected chi connectivity index (χ1v) is 9.59. The molecule has 1 aliphatic rings. The van der Waals surface area contributed by atoms with Gasteiger partial charge in [0.25, 0.3) is 0 Å². The molecule has 0 spiro atoms. The van der Waals surface area contributed by atoms with Crippen LogP contribution >= 0.6 is 38.7 Å². The average molecular weight is 359 g/mol. The summed E-state index contributed by atoms with van der Waals surface area (Å²) in [5.41, 5.74) is 0. The van der Waals surface area contributed by atoms with Gasteiger partial charge >= 0.3 is 15.5 Å². The normalized spacial score (nSPS) is 23.9. The lowest BCUT2D eigenvalue weighted by molar-refractivity contribution is 0.233. The molecule has 0 aromatic carbocycles. The summed E-state index contributed by atoms with van der Waals surface area (Å²) in [4.78, 5) is 21.6. The molecule has 1 fully saturated rings. The van der Waals surface area contributed by atoms with Gasteiger partial charge in [-0.2, -0.15) is 0 Å². The molecule has 4 N–H and O–H groups in total. The molecular formula is C7H18Cl2N2O6P2. The standard InChI is InChI=1S/C7H15Cl2N2O2P.H3O4P/c8-2-5-11(6-3-9)14(12)10-4-1-7-13-14;1-5(2,3)4/h1-7H2,(H,10,12);(H3,1,2,3,4). The van der Waals surface area contributed by atoms with Gasteiger partial charge < -0.3 is 19.2 Å². The Bertz CT molecular complexity index is 317. The van der Waals surface area contributed by atoms with E-state index in [1.807, 2.05) is 0 Å². The van der Waals surface area contributed by atoms with Gasteiger partial charge in [0, 0.05) is 31.4 Å². The fourth-order valence-corrected chi connectivity index (χ4v) is 3.92. The summed E-state index contributed by atoms with van der Waals surface area (Å²) in [6.07, 6.45) is 0.888. The van der Waals surface area contributed by atoms with Crippen molar-refractivity contribution in [2.45, 2.75) is 6.42 Å². The Morgan fingerprint density at radius 2 is 1.74 bits per heavy atom. The van der Waals surface area contributed by atoms with Crippen LogP contribution in [-0.4, -0.2) is 57.4 Å². The quantitative estimate of drug-likeness (QED) is 0.423. The highest BCUT2D eigenvalue weighted by Crippen LogP contribution is 2.48. The third kappa shape index (κ3) is 10.2. The van der Waals surface area contributed by atoms with Crippen LogP contribution in [0.5, 0.6) is 0 Å². The lowest BCUT2D eigenvalue weighted by atomic mass is 10.5. The van der Waals surface area contributed by atoms with E-state index in [2.05, 4.69) is 5.09 Å². The highest BCUT2D eigenvalue weighted by atomic mass is 35.5. The van der Waals surface area contributed by atoms with Crippen LogP contribution in [0.2, 0.25) is 0 Å². The zero-order chi connectivity index (χ0) is 14.9. The number of phosphoric acid groups is 1. The number of hydrogen-bond donors (Lipinski definition) is 4. The van der Waals surface area contributed by atoms with Crippen LogP contribution in [0.3, 0.4) is 0 Å². The molecule has 12 heteroatoms. The van der Waals surface area contributed by atoms with Crippen LogP contribution in [0.1, 0.15) is 6.42 Å². The second kappa shape index (κ2) is 9.68. The predicted molar refractivity (Wildman–Crippen MR) is 73.5 cm³/mol. The highest BCUT2D eigenvalue weighted by molar-refractivity contribution is 7.54. The van der Waals surface area contributed by atoms with Gasteiger partial charge in [0.2, 0.25) is 0 Å². The largest absolute Gasteiger partial charge is 0.466 e. The summed E-state index contributed by atoms with van der Waals surface area (Å²) in [5.74, 6) is 0.845. The smallest absolute Gasteiger partial charge is 0.306 e. The van der Waals surface area contributed by atoms with Crippen LogP contribution < -0.4 is 5.09 Å². The highest BCUT2D eigenvalue weighted by Gasteiger charge is 2.32. The summed E-state index contributed by atoms with van der Waals surface area (Å²) in [5, 5.41) is 2.91. The topological polar surface area (TPSA) is 119 Å². The number of nitrogens with zero attached hydrogens (tertiary/aromatic N) is 1. The molecule has 1 rings (SSSR count). The van der Waals surface area contributed by atoms with Crippen molar-refractivity contribution in [2.75, 3.05) is 38.0 Å². The monoisotopic (exact) mass is 358 g/mol. The number of nitrogens with one attached hydrogen (secondary N) is 1. The first-order valence-electron chi connectivity index (χ1n) is 5.38. The van der Waals surface area contributed by atoms with Gasteiger partial charge in [-0.1, -0.05) is 0 Å². The first kappa shape index (κ1) is 19.8. The summed E-state index contributed by atoms with van der Waals surface area (Å²) >= 11 is 11.2. The van der Waals surface area contributed by atoms with Gasteiger partial charge in [0.05, 0.1) is 6.61 Å². The molecule has 0 radical (unpaired) electrons. The van der Waals surface area contributed by atoms with E-state index in [1.165, 1.54) is 0 Å². The molecule has 19 heavy (non-hydrogen) atoms. The Kier molecular flexibility index (Phi) is 10.1.